The molecule has 0 saturated carbocycles. The summed E-state index contributed by atoms with van der Waals surface area (Å²) in [5.41, 5.74) is 1.47. The molecule has 0 fully saturated rings. The largest absolute Gasteiger partial charge is 0.388 e. The van der Waals surface area contributed by atoms with Crippen molar-refractivity contribution in [3.63, 3.8) is 0 Å². The van der Waals surface area contributed by atoms with Crippen molar-refractivity contribution in [1.29, 1.82) is 0 Å². The highest BCUT2D eigenvalue weighted by molar-refractivity contribution is 6.66. The van der Waals surface area contributed by atoms with E-state index in [-0.39, 0.29) is 0 Å². The predicted octanol–water partition coefficient (Wildman–Crippen LogP) is 4.35. The van der Waals surface area contributed by atoms with E-state index in [1.807, 2.05) is 6.92 Å². The zero-order valence-corrected chi connectivity index (χ0v) is 10.6. The fourth-order valence-corrected chi connectivity index (χ4v) is 1.71. The summed E-state index contributed by atoms with van der Waals surface area (Å²) in [6.07, 6.45) is 1.25. The highest BCUT2D eigenvalue weighted by Crippen LogP contribution is 2.38. The van der Waals surface area contributed by atoms with Crippen molar-refractivity contribution in [3.8, 4) is 0 Å². The Morgan fingerprint density at radius 2 is 1.73 bits per heavy atom. The van der Waals surface area contributed by atoms with Crippen molar-refractivity contribution in [2.24, 2.45) is 0 Å². The molecule has 0 radical (unpaired) electrons. The molecule has 0 saturated heterocycles. The predicted molar refractivity (Wildman–Crippen MR) is 65.5 cm³/mol. The van der Waals surface area contributed by atoms with Crippen LogP contribution >= 0.6 is 34.8 Å². The normalized spacial score (nSPS) is 13.9. The number of aliphatic hydroxyl groups excluding tert-OH is 1. The minimum absolute atomic E-state index is 0.431. The van der Waals surface area contributed by atoms with Crippen molar-refractivity contribution in [3.05, 3.63) is 35.4 Å². The Labute approximate surface area is 105 Å². The minimum atomic E-state index is -1.39. The maximum Gasteiger partial charge on any atom is 0.216 e. The molecule has 1 unspecified atom stereocenters. The third-order valence-corrected chi connectivity index (χ3v) is 2.84. The lowest BCUT2D eigenvalue weighted by Crippen LogP contribution is -2.01. The van der Waals surface area contributed by atoms with Gasteiger partial charge in [-0.25, -0.2) is 0 Å². The minimum Gasteiger partial charge on any atom is -0.388 e. The Balaban J connectivity index is 2.81. The molecule has 84 valence electrons. The van der Waals surface area contributed by atoms with Gasteiger partial charge < -0.3 is 5.11 Å². The van der Waals surface area contributed by atoms with Gasteiger partial charge in [-0.15, -0.1) is 0 Å². The van der Waals surface area contributed by atoms with Crippen LogP contribution in [0.3, 0.4) is 0 Å². The Morgan fingerprint density at radius 3 is 2.13 bits per heavy atom. The lowest BCUT2D eigenvalue weighted by Gasteiger charge is -2.14. The third-order valence-electron chi connectivity index (χ3n) is 2.18. The maximum absolute atomic E-state index is 9.72. The Morgan fingerprint density at radius 1 is 1.20 bits per heavy atom. The molecule has 0 aromatic heterocycles. The second-order valence-electron chi connectivity index (χ2n) is 3.42. The molecule has 0 spiro atoms. The number of benzene rings is 1. The van der Waals surface area contributed by atoms with Gasteiger partial charge in [0.25, 0.3) is 0 Å². The molecule has 0 aliphatic heterocycles. The molecule has 0 bridgehead atoms. The van der Waals surface area contributed by atoms with Gasteiger partial charge in [0.1, 0.15) is 0 Å². The van der Waals surface area contributed by atoms with E-state index in [9.17, 15) is 5.11 Å². The standard InChI is InChI=1S/C11H13Cl3O/c1-2-3-10(15)8-4-6-9(7-5-8)11(12,13)14/h4-7,10,15H,2-3H2,1H3. The van der Waals surface area contributed by atoms with E-state index >= 15 is 0 Å². The topological polar surface area (TPSA) is 20.2 Å². The molecule has 0 aliphatic rings. The van der Waals surface area contributed by atoms with Crippen LogP contribution in [0.15, 0.2) is 24.3 Å². The molecule has 0 aliphatic carbocycles. The fourth-order valence-electron chi connectivity index (χ4n) is 1.33. The Hall–Kier alpha value is 0.0500. The summed E-state index contributed by atoms with van der Waals surface area (Å²) in [6.45, 7) is 2.03. The Bertz CT molecular complexity index is 303. The number of hydrogen-bond acceptors (Lipinski definition) is 1. The maximum atomic E-state index is 9.72. The molecule has 1 atom stereocenters. The van der Waals surface area contributed by atoms with E-state index in [0.29, 0.717) is 5.56 Å². The zero-order valence-electron chi connectivity index (χ0n) is 8.38. The van der Waals surface area contributed by atoms with E-state index < -0.39 is 9.90 Å². The quantitative estimate of drug-likeness (QED) is 0.808. The van der Waals surface area contributed by atoms with Crippen molar-refractivity contribution in [1.82, 2.24) is 0 Å². The van der Waals surface area contributed by atoms with Gasteiger partial charge in [-0.1, -0.05) is 72.4 Å². The average Bonchev–Trinajstić information content (AvgIpc) is 2.17. The molecule has 1 aromatic carbocycles. The van der Waals surface area contributed by atoms with Crippen molar-refractivity contribution >= 4 is 34.8 Å². The molecular weight excluding hydrogens is 254 g/mol. The Kier molecular flexibility index (Phi) is 4.72. The highest BCUT2D eigenvalue weighted by Gasteiger charge is 2.22. The van der Waals surface area contributed by atoms with Crippen LogP contribution in [0.5, 0.6) is 0 Å². The van der Waals surface area contributed by atoms with Gasteiger partial charge in [0.15, 0.2) is 0 Å². The first kappa shape index (κ1) is 13.1. The molecule has 1 N–H and O–H groups in total. The van der Waals surface area contributed by atoms with E-state index in [1.54, 1.807) is 24.3 Å². The van der Waals surface area contributed by atoms with Crippen molar-refractivity contribution in [2.45, 2.75) is 29.7 Å². The smallest absolute Gasteiger partial charge is 0.216 e. The first-order valence-corrected chi connectivity index (χ1v) is 5.93. The first-order valence-electron chi connectivity index (χ1n) is 4.80. The van der Waals surface area contributed by atoms with Crippen LogP contribution in [0.1, 0.15) is 37.0 Å². The van der Waals surface area contributed by atoms with Crippen LogP contribution in [0.25, 0.3) is 0 Å². The number of rotatable bonds is 3. The highest BCUT2D eigenvalue weighted by atomic mass is 35.6. The van der Waals surface area contributed by atoms with Gasteiger partial charge in [-0.2, -0.15) is 0 Å². The number of alkyl halides is 3. The number of aliphatic hydroxyl groups is 1. The van der Waals surface area contributed by atoms with Crippen molar-refractivity contribution < 1.29 is 5.11 Å². The lowest BCUT2D eigenvalue weighted by atomic mass is 10.0. The van der Waals surface area contributed by atoms with Gasteiger partial charge in [0.2, 0.25) is 3.79 Å². The van der Waals surface area contributed by atoms with Gasteiger partial charge in [-0.05, 0) is 12.0 Å². The monoisotopic (exact) mass is 266 g/mol. The van der Waals surface area contributed by atoms with Gasteiger partial charge in [-0.3, -0.25) is 0 Å². The lowest BCUT2D eigenvalue weighted by molar-refractivity contribution is 0.166. The molecule has 1 rings (SSSR count). The second-order valence-corrected chi connectivity index (χ2v) is 5.71. The van der Waals surface area contributed by atoms with Crippen molar-refractivity contribution in [2.75, 3.05) is 0 Å². The summed E-state index contributed by atoms with van der Waals surface area (Å²) in [4.78, 5) is 0. The van der Waals surface area contributed by atoms with Gasteiger partial charge in [0.05, 0.1) is 6.10 Å². The SMILES string of the molecule is CCCC(O)c1ccc(C(Cl)(Cl)Cl)cc1. The summed E-state index contributed by atoms with van der Waals surface area (Å²) in [5.74, 6) is 0. The van der Waals surface area contributed by atoms with Gasteiger partial charge >= 0.3 is 0 Å². The van der Waals surface area contributed by atoms with Crippen LogP contribution in [-0.4, -0.2) is 5.11 Å². The summed E-state index contributed by atoms with van der Waals surface area (Å²) in [5, 5.41) is 9.72. The van der Waals surface area contributed by atoms with Crippen LogP contribution in [0, 0.1) is 0 Å². The zero-order chi connectivity index (χ0) is 11.5. The number of hydrogen-bond donors (Lipinski definition) is 1. The summed E-state index contributed by atoms with van der Waals surface area (Å²) in [7, 11) is 0. The summed E-state index contributed by atoms with van der Waals surface area (Å²) >= 11 is 17.2. The average molecular weight is 268 g/mol. The van der Waals surface area contributed by atoms with E-state index in [0.717, 1.165) is 18.4 Å². The van der Waals surface area contributed by atoms with Crippen LogP contribution in [0.2, 0.25) is 0 Å². The van der Waals surface area contributed by atoms with Crippen LogP contribution in [0.4, 0.5) is 0 Å². The van der Waals surface area contributed by atoms with E-state index in [1.165, 1.54) is 0 Å². The summed E-state index contributed by atoms with van der Waals surface area (Å²) in [6, 6.07) is 7.03. The van der Waals surface area contributed by atoms with Gasteiger partial charge in [0, 0.05) is 5.56 Å². The molecule has 0 heterocycles. The third kappa shape index (κ3) is 3.84. The second kappa shape index (κ2) is 5.40. The molecular formula is C11H13Cl3O. The van der Waals surface area contributed by atoms with E-state index in [4.69, 9.17) is 34.8 Å². The molecule has 1 nitrogen and oxygen atoms in total. The number of halogens is 3. The molecule has 15 heavy (non-hydrogen) atoms. The van der Waals surface area contributed by atoms with Crippen LogP contribution < -0.4 is 0 Å². The molecule has 0 amide bonds. The van der Waals surface area contributed by atoms with Crippen LogP contribution in [-0.2, 0) is 3.79 Å². The summed E-state index contributed by atoms with van der Waals surface area (Å²) < 4.78 is -1.39. The van der Waals surface area contributed by atoms with E-state index in [2.05, 4.69) is 0 Å². The first-order chi connectivity index (χ1) is 6.95. The molecule has 4 heteroatoms. The fraction of sp³-hybridized carbons (Fsp3) is 0.455. The molecule has 1 aromatic rings.